The summed E-state index contributed by atoms with van der Waals surface area (Å²) in [4.78, 5) is 25.0. The van der Waals surface area contributed by atoms with Crippen molar-refractivity contribution in [3.63, 3.8) is 0 Å². The van der Waals surface area contributed by atoms with Crippen LogP contribution in [0.3, 0.4) is 0 Å². The van der Waals surface area contributed by atoms with E-state index in [0.717, 1.165) is 12.5 Å². The molecule has 3 aromatic rings. The molecule has 27 heavy (non-hydrogen) atoms. The van der Waals surface area contributed by atoms with Crippen LogP contribution < -0.4 is 10.2 Å². The van der Waals surface area contributed by atoms with Gasteiger partial charge in [-0.2, -0.15) is 0 Å². The number of aromatic hydroxyl groups is 3. The van der Waals surface area contributed by atoms with Crippen LogP contribution in [-0.4, -0.2) is 21.3 Å². The number of phenolic OH excluding ortho intramolecular Hbond substituents is 3. The molecule has 3 N–H and O–H groups in total. The summed E-state index contributed by atoms with van der Waals surface area (Å²) in [5.74, 6) is -1.74. The quantitative estimate of drug-likeness (QED) is 0.587. The summed E-state index contributed by atoms with van der Waals surface area (Å²) < 4.78 is 11.0. The highest BCUT2D eigenvalue weighted by Crippen LogP contribution is 2.36. The molecule has 3 rings (SSSR count). The Morgan fingerprint density at radius 2 is 1.78 bits per heavy atom. The maximum atomic E-state index is 12.9. The lowest BCUT2D eigenvalue weighted by molar-refractivity contribution is -0.134. The monoisotopic (exact) mass is 370 g/mol. The second-order valence-corrected chi connectivity index (χ2v) is 6.05. The van der Waals surface area contributed by atoms with E-state index in [1.54, 1.807) is 0 Å². The Morgan fingerprint density at radius 1 is 1.07 bits per heavy atom. The van der Waals surface area contributed by atoms with Crippen molar-refractivity contribution < 1.29 is 29.3 Å². The molecule has 140 valence electrons. The fraction of sp³-hybridized carbons (Fsp3) is 0.200. The number of hydrogen-bond donors (Lipinski definition) is 3. The van der Waals surface area contributed by atoms with E-state index in [1.807, 2.05) is 6.92 Å². The van der Waals surface area contributed by atoms with Gasteiger partial charge in [-0.05, 0) is 30.7 Å². The summed E-state index contributed by atoms with van der Waals surface area (Å²) in [6, 6.07) is 7.95. The number of ether oxygens (including phenoxy) is 1. The van der Waals surface area contributed by atoms with Crippen molar-refractivity contribution in [2.45, 2.75) is 26.2 Å². The van der Waals surface area contributed by atoms with E-state index in [1.165, 1.54) is 30.3 Å². The number of benzene rings is 2. The maximum absolute atomic E-state index is 12.9. The third-order valence-electron chi connectivity index (χ3n) is 4.00. The fourth-order valence-electron chi connectivity index (χ4n) is 2.65. The van der Waals surface area contributed by atoms with Crippen LogP contribution in [0, 0.1) is 0 Å². The minimum atomic E-state index is -0.735. The zero-order chi connectivity index (χ0) is 19.6. The molecule has 0 saturated heterocycles. The van der Waals surface area contributed by atoms with Crippen LogP contribution >= 0.6 is 0 Å². The van der Waals surface area contributed by atoms with Crippen molar-refractivity contribution in [1.29, 1.82) is 0 Å². The minimum Gasteiger partial charge on any atom is -0.508 e. The third-order valence-corrected chi connectivity index (χ3v) is 4.00. The molecule has 0 aliphatic rings. The van der Waals surface area contributed by atoms with Crippen molar-refractivity contribution in [2.24, 2.45) is 0 Å². The van der Waals surface area contributed by atoms with E-state index in [2.05, 4.69) is 0 Å². The third kappa shape index (κ3) is 3.72. The zero-order valence-electron chi connectivity index (χ0n) is 14.6. The molecule has 1 aromatic heterocycles. The summed E-state index contributed by atoms with van der Waals surface area (Å²) >= 11 is 0. The van der Waals surface area contributed by atoms with Crippen LogP contribution in [0.4, 0.5) is 0 Å². The van der Waals surface area contributed by atoms with E-state index in [-0.39, 0.29) is 40.4 Å². The van der Waals surface area contributed by atoms with Gasteiger partial charge in [-0.25, -0.2) is 0 Å². The first-order chi connectivity index (χ1) is 12.9. The van der Waals surface area contributed by atoms with Crippen LogP contribution in [0.15, 0.2) is 45.6 Å². The molecule has 2 aromatic carbocycles. The molecule has 0 spiro atoms. The maximum Gasteiger partial charge on any atom is 0.311 e. The molecule has 0 unspecified atom stereocenters. The lowest BCUT2D eigenvalue weighted by atomic mass is 10.1. The molecule has 1 heterocycles. The Kier molecular flexibility index (Phi) is 5.03. The summed E-state index contributed by atoms with van der Waals surface area (Å²) in [6.45, 7) is 1.92. The van der Waals surface area contributed by atoms with Crippen molar-refractivity contribution in [1.82, 2.24) is 0 Å². The first-order valence-corrected chi connectivity index (χ1v) is 8.43. The number of esters is 1. The molecule has 0 fully saturated rings. The van der Waals surface area contributed by atoms with Gasteiger partial charge in [0.05, 0.1) is 0 Å². The van der Waals surface area contributed by atoms with Crippen LogP contribution in [0.1, 0.15) is 26.2 Å². The average molecular weight is 370 g/mol. The van der Waals surface area contributed by atoms with Crippen molar-refractivity contribution >= 4 is 16.9 Å². The highest BCUT2D eigenvalue weighted by atomic mass is 16.5. The molecule has 0 radical (unpaired) electrons. The molecule has 0 aliphatic heterocycles. The first-order valence-electron chi connectivity index (χ1n) is 8.43. The van der Waals surface area contributed by atoms with Crippen LogP contribution in [-0.2, 0) is 4.79 Å². The zero-order valence-corrected chi connectivity index (χ0v) is 14.6. The smallest absolute Gasteiger partial charge is 0.311 e. The van der Waals surface area contributed by atoms with E-state index >= 15 is 0 Å². The second kappa shape index (κ2) is 7.41. The highest BCUT2D eigenvalue weighted by Gasteiger charge is 2.22. The Morgan fingerprint density at radius 3 is 2.44 bits per heavy atom. The first kappa shape index (κ1) is 18.3. The van der Waals surface area contributed by atoms with Crippen LogP contribution in [0.25, 0.3) is 22.3 Å². The number of unbranched alkanes of at least 4 members (excludes halogenated alkanes) is 1. The standard InChI is InChI=1S/C20H18O7/c1-2-3-4-16(24)27-20-18(25)17-14(23)9-13(22)10-15(17)26-19(20)11-5-7-12(21)8-6-11/h5-10,21-23H,2-4H2,1H3. The summed E-state index contributed by atoms with van der Waals surface area (Å²) in [5.41, 5.74) is -0.413. The Hall–Kier alpha value is -3.48. The van der Waals surface area contributed by atoms with Gasteiger partial charge in [-0.1, -0.05) is 13.3 Å². The van der Waals surface area contributed by atoms with Gasteiger partial charge in [0.15, 0.2) is 5.76 Å². The molecule has 0 saturated carbocycles. The molecule has 0 amide bonds. The number of phenols is 3. The van der Waals surface area contributed by atoms with Crippen LogP contribution in [0.2, 0.25) is 0 Å². The number of hydrogen-bond acceptors (Lipinski definition) is 7. The lowest BCUT2D eigenvalue weighted by Crippen LogP contribution is -2.16. The van der Waals surface area contributed by atoms with Gasteiger partial charge in [0.25, 0.3) is 0 Å². The summed E-state index contributed by atoms with van der Waals surface area (Å²) in [5, 5.41) is 29.0. The fourth-order valence-corrected chi connectivity index (χ4v) is 2.65. The predicted molar refractivity (Wildman–Crippen MR) is 98.1 cm³/mol. The molecule has 0 bridgehead atoms. The van der Waals surface area contributed by atoms with Gasteiger partial charge in [0, 0.05) is 24.1 Å². The van der Waals surface area contributed by atoms with Gasteiger partial charge in [0.2, 0.25) is 11.2 Å². The largest absolute Gasteiger partial charge is 0.508 e. The van der Waals surface area contributed by atoms with Gasteiger partial charge >= 0.3 is 5.97 Å². The van der Waals surface area contributed by atoms with Gasteiger partial charge in [-0.15, -0.1) is 0 Å². The Balaban J connectivity index is 2.24. The summed E-state index contributed by atoms with van der Waals surface area (Å²) in [6.07, 6.45) is 1.52. The normalized spacial score (nSPS) is 10.9. The van der Waals surface area contributed by atoms with Crippen molar-refractivity contribution in [3.05, 3.63) is 46.6 Å². The molecule has 0 aliphatic carbocycles. The Bertz CT molecular complexity index is 1050. The Labute approximate surface area is 154 Å². The van der Waals surface area contributed by atoms with Crippen LogP contribution in [0.5, 0.6) is 23.0 Å². The molecular formula is C20H18O7. The number of fused-ring (bicyclic) bond motifs is 1. The average Bonchev–Trinajstić information content (AvgIpc) is 2.62. The number of carbonyl (C=O) groups excluding carboxylic acids is 1. The van der Waals surface area contributed by atoms with Gasteiger partial charge in [0.1, 0.15) is 28.2 Å². The number of carbonyl (C=O) groups is 1. The predicted octanol–water partition coefficient (Wildman–Crippen LogP) is 3.67. The highest BCUT2D eigenvalue weighted by molar-refractivity contribution is 5.89. The van der Waals surface area contributed by atoms with E-state index < -0.39 is 17.1 Å². The molecule has 0 atom stereocenters. The van der Waals surface area contributed by atoms with Gasteiger partial charge in [-0.3, -0.25) is 9.59 Å². The van der Waals surface area contributed by atoms with Crippen molar-refractivity contribution in [2.75, 3.05) is 0 Å². The number of rotatable bonds is 5. The van der Waals surface area contributed by atoms with E-state index in [0.29, 0.717) is 12.0 Å². The SMILES string of the molecule is CCCCC(=O)Oc1c(-c2ccc(O)cc2)oc2cc(O)cc(O)c2c1=O. The second-order valence-electron chi connectivity index (χ2n) is 6.05. The van der Waals surface area contributed by atoms with Crippen molar-refractivity contribution in [3.8, 4) is 34.3 Å². The van der Waals surface area contributed by atoms with Gasteiger partial charge < -0.3 is 24.5 Å². The topological polar surface area (TPSA) is 117 Å². The van der Waals surface area contributed by atoms with E-state index in [9.17, 15) is 24.9 Å². The summed E-state index contributed by atoms with van der Waals surface area (Å²) in [7, 11) is 0. The molecule has 7 nitrogen and oxygen atoms in total. The van der Waals surface area contributed by atoms with E-state index in [4.69, 9.17) is 9.15 Å². The lowest BCUT2D eigenvalue weighted by Gasteiger charge is -2.11. The molecule has 7 heteroatoms. The minimum absolute atomic E-state index is 0.0127. The molecular weight excluding hydrogens is 352 g/mol.